The number of carbonyl (C=O) groups is 1. The maximum Gasteiger partial charge on any atom is 0.262 e. The van der Waals surface area contributed by atoms with E-state index in [2.05, 4.69) is 4.98 Å². The fraction of sp³-hybridized carbons (Fsp3) is 0.278. The van der Waals surface area contributed by atoms with Crippen molar-refractivity contribution in [3.63, 3.8) is 0 Å². The summed E-state index contributed by atoms with van der Waals surface area (Å²) in [4.78, 5) is 30.5. The third kappa shape index (κ3) is 3.81. The van der Waals surface area contributed by atoms with Gasteiger partial charge in [0.25, 0.3) is 5.56 Å². The zero-order valence-electron chi connectivity index (χ0n) is 13.9. The number of benzene rings is 1. The third-order valence-electron chi connectivity index (χ3n) is 3.99. The van der Waals surface area contributed by atoms with Crippen LogP contribution in [0.1, 0.15) is 36.0 Å². The molecule has 0 aliphatic carbocycles. The van der Waals surface area contributed by atoms with Gasteiger partial charge in [-0.05, 0) is 37.6 Å². The number of rotatable bonds is 6. The Morgan fingerprint density at radius 2 is 2.08 bits per heavy atom. The lowest BCUT2D eigenvalue weighted by molar-refractivity contribution is 0.102. The van der Waals surface area contributed by atoms with Crippen molar-refractivity contribution < 1.29 is 4.79 Å². The van der Waals surface area contributed by atoms with E-state index in [0.29, 0.717) is 25.3 Å². The molecular weight excluding hydrogens is 376 g/mol. The minimum absolute atomic E-state index is 0.0124. The average molecular weight is 393 g/mol. The van der Waals surface area contributed by atoms with Crippen LogP contribution in [0, 0.1) is 0 Å². The minimum Gasteiger partial charge on any atom is -0.292 e. The van der Waals surface area contributed by atoms with E-state index in [-0.39, 0.29) is 23.1 Å². The number of thiophene rings is 1. The lowest BCUT2D eigenvalue weighted by atomic mass is 10.2. The molecule has 25 heavy (non-hydrogen) atoms. The van der Waals surface area contributed by atoms with E-state index in [1.165, 1.54) is 23.1 Å². The molecule has 0 fully saturated rings. The topological polar surface area (TPSA) is 52.0 Å². The molecule has 7 heteroatoms. The minimum atomic E-state index is -0.0610. The standard InChI is InChI=1S/C18H17ClN2O2S2/c1-3-11(2)21-17(23)12-6-4-5-7-13(12)20-18(21)24-10-14(22)15-8-9-16(19)25-15/h4-9,11H,3,10H2,1-2H3/t11-/m1/s1. The molecule has 0 saturated carbocycles. The Morgan fingerprint density at radius 3 is 2.76 bits per heavy atom. The quantitative estimate of drug-likeness (QED) is 0.334. The predicted molar refractivity (Wildman–Crippen MR) is 105 cm³/mol. The van der Waals surface area contributed by atoms with Gasteiger partial charge in [0.15, 0.2) is 10.9 Å². The number of aromatic nitrogens is 2. The highest BCUT2D eigenvalue weighted by Gasteiger charge is 2.17. The fourth-order valence-corrected chi connectivity index (χ4v) is 4.52. The van der Waals surface area contributed by atoms with Crippen LogP contribution in [0.4, 0.5) is 0 Å². The zero-order valence-corrected chi connectivity index (χ0v) is 16.2. The Morgan fingerprint density at radius 1 is 1.32 bits per heavy atom. The van der Waals surface area contributed by atoms with Gasteiger partial charge in [-0.25, -0.2) is 4.98 Å². The molecule has 0 aliphatic heterocycles. The second-order valence-corrected chi connectivity index (χ2v) is 8.32. The molecule has 0 N–H and O–H groups in total. The van der Waals surface area contributed by atoms with Gasteiger partial charge in [-0.15, -0.1) is 11.3 Å². The van der Waals surface area contributed by atoms with Crippen LogP contribution in [0.2, 0.25) is 4.34 Å². The van der Waals surface area contributed by atoms with Crippen LogP contribution in [0.15, 0.2) is 46.3 Å². The van der Waals surface area contributed by atoms with Gasteiger partial charge in [0.05, 0.1) is 25.9 Å². The maximum absolute atomic E-state index is 12.9. The summed E-state index contributed by atoms with van der Waals surface area (Å²) in [7, 11) is 0. The molecule has 2 aromatic heterocycles. The lowest BCUT2D eigenvalue weighted by Crippen LogP contribution is -2.26. The highest BCUT2D eigenvalue weighted by atomic mass is 35.5. The molecule has 0 spiro atoms. The van der Waals surface area contributed by atoms with Crippen LogP contribution in [0.3, 0.4) is 0 Å². The van der Waals surface area contributed by atoms with Crippen LogP contribution in [-0.4, -0.2) is 21.1 Å². The van der Waals surface area contributed by atoms with E-state index in [0.717, 1.165) is 6.42 Å². The fourth-order valence-electron chi connectivity index (χ4n) is 2.46. The summed E-state index contributed by atoms with van der Waals surface area (Å²) in [6.45, 7) is 4.02. The Kier molecular flexibility index (Phi) is 5.61. The van der Waals surface area contributed by atoms with Gasteiger partial charge in [-0.3, -0.25) is 14.2 Å². The summed E-state index contributed by atoms with van der Waals surface area (Å²) in [6, 6.07) is 10.8. The number of hydrogen-bond acceptors (Lipinski definition) is 5. The molecule has 130 valence electrons. The van der Waals surface area contributed by atoms with Crippen molar-refractivity contribution in [1.82, 2.24) is 9.55 Å². The number of para-hydroxylation sites is 1. The second kappa shape index (κ2) is 7.72. The van der Waals surface area contributed by atoms with Gasteiger partial charge in [0.1, 0.15) is 0 Å². The largest absolute Gasteiger partial charge is 0.292 e. The van der Waals surface area contributed by atoms with Crippen molar-refractivity contribution in [2.45, 2.75) is 31.5 Å². The first-order chi connectivity index (χ1) is 12.0. The van der Waals surface area contributed by atoms with Gasteiger partial charge in [0.2, 0.25) is 0 Å². The predicted octanol–water partition coefficient (Wildman–Crippen LogP) is 5.06. The van der Waals surface area contributed by atoms with E-state index >= 15 is 0 Å². The summed E-state index contributed by atoms with van der Waals surface area (Å²) in [5.74, 6) is 0.206. The van der Waals surface area contributed by atoms with Gasteiger partial charge >= 0.3 is 0 Å². The van der Waals surface area contributed by atoms with Crippen LogP contribution in [0.25, 0.3) is 10.9 Å². The molecule has 2 heterocycles. The van der Waals surface area contributed by atoms with E-state index in [1.807, 2.05) is 32.0 Å². The van der Waals surface area contributed by atoms with Gasteiger partial charge < -0.3 is 0 Å². The highest BCUT2D eigenvalue weighted by Crippen LogP contribution is 2.26. The average Bonchev–Trinajstić information content (AvgIpc) is 3.05. The first-order valence-corrected chi connectivity index (χ1v) is 10.1. The molecule has 3 aromatic rings. The number of halogens is 1. The van der Waals surface area contributed by atoms with Crippen molar-refractivity contribution in [2.75, 3.05) is 5.75 Å². The van der Waals surface area contributed by atoms with E-state index < -0.39 is 0 Å². The molecule has 0 unspecified atom stereocenters. The van der Waals surface area contributed by atoms with Crippen molar-refractivity contribution in [3.8, 4) is 0 Å². The molecule has 1 aromatic carbocycles. The van der Waals surface area contributed by atoms with Crippen LogP contribution < -0.4 is 5.56 Å². The highest BCUT2D eigenvalue weighted by molar-refractivity contribution is 7.99. The van der Waals surface area contributed by atoms with Crippen molar-refractivity contribution >= 4 is 51.4 Å². The summed E-state index contributed by atoms with van der Waals surface area (Å²) in [5.41, 5.74) is 0.593. The summed E-state index contributed by atoms with van der Waals surface area (Å²) < 4.78 is 2.29. The van der Waals surface area contributed by atoms with Gasteiger partial charge in [0, 0.05) is 6.04 Å². The number of thioether (sulfide) groups is 1. The summed E-state index contributed by atoms with van der Waals surface area (Å²) in [6.07, 6.45) is 0.808. The lowest BCUT2D eigenvalue weighted by Gasteiger charge is -2.18. The monoisotopic (exact) mass is 392 g/mol. The number of nitrogens with zero attached hydrogens (tertiary/aromatic N) is 2. The Hall–Kier alpha value is -1.63. The first-order valence-electron chi connectivity index (χ1n) is 7.94. The van der Waals surface area contributed by atoms with E-state index in [1.54, 1.807) is 22.8 Å². The molecule has 4 nitrogen and oxygen atoms in total. The Bertz CT molecular complexity index is 981. The van der Waals surface area contributed by atoms with Crippen LogP contribution >= 0.6 is 34.7 Å². The third-order valence-corrected chi connectivity index (χ3v) is 6.21. The normalized spacial score (nSPS) is 12.4. The Balaban J connectivity index is 1.96. The molecule has 1 atom stereocenters. The Labute approximate surface area is 158 Å². The van der Waals surface area contributed by atoms with E-state index in [4.69, 9.17) is 11.6 Å². The van der Waals surface area contributed by atoms with Crippen molar-refractivity contribution in [2.24, 2.45) is 0 Å². The second-order valence-electron chi connectivity index (χ2n) is 5.66. The number of Topliss-reactive ketones (excluding diaryl/α,β-unsaturated/α-hetero) is 1. The number of fused-ring (bicyclic) bond motifs is 1. The van der Waals surface area contributed by atoms with Crippen LogP contribution in [0.5, 0.6) is 0 Å². The zero-order chi connectivity index (χ0) is 18.0. The first kappa shape index (κ1) is 18.2. The van der Waals surface area contributed by atoms with E-state index in [9.17, 15) is 9.59 Å². The number of carbonyl (C=O) groups excluding carboxylic acids is 1. The molecule has 0 saturated heterocycles. The maximum atomic E-state index is 12.9. The van der Waals surface area contributed by atoms with Crippen molar-refractivity contribution in [1.29, 1.82) is 0 Å². The van der Waals surface area contributed by atoms with Crippen LogP contribution in [-0.2, 0) is 0 Å². The smallest absolute Gasteiger partial charge is 0.262 e. The SMILES string of the molecule is CC[C@@H](C)n1c(SCC(=O)c2ccc(Cl)s2)nc2ccccc2c1=O. The molecule has 0 bridgehead atoms. The molecule has 0 radical (unpaired) electrons. The number of hydrogen-bond donors (Lipinski definition) is 0. The number of ketones is 1. The van der Waals surface area contributed by atoms with Gasteiger partial charge in [-0.2, -0.15) is 0 Å². The molecule has 0 aliphatic rings. The van der Waals surface area contributed by atoms with Gasteiger partial charge in [-0.1, -0.05) is 42.4 Å². The molecule has 0 amide bonds. The summed E-state index contributed by atoms with van der Waals surface area (Å²) >= 11 is 8.46. The molecular formula is C18H17ClN2O2S2. The molecule has 3 rings (SSSR count). The van der Waals surface area contributed by atoms with Crippen molar-refractivity contribution in [3.05, 3.63) is 56.0 Å². The summed E-state index contributed by atoms with van der Waals surface area (Å²) in [5, 5.41) is 1.18.